The van der Waals surface area contributed by atoms with Crippen LogP contribution in [0.4, 0.5) is 5.69 Å². The van der Waals surface area contributed by atoms with Crippen LogP contribution in [-0.4, -0.2) is 28.6 Å². The van der Waals surface area contributed by atoms with Gasteiger partial charge in [-0.05, 0) is 61.1 Å². The van der Waals surface area contributed by atoms with E-state index in [0.717, 1.165) is 42.4 Å². The summed E-state index contributed by atoms with van der Waals surface area (Å²) in [5.74, 6) is 0.486. The number of rotatable bonds is 5. The van der Waals surface area contributed by atoms with Crippen molar-refractivity contribution in [3.8, 4) is 0 Å². The summed E-state index contributed by atoms with van der Waals surface area (Å²) < 4.78 is 30.0. The van der Waals surface area contributed by atoms with Gasteiger partial charge in [-0.25, -0.2) is 0 Å². The van der Waals surface area contributed by atoms with E-state index < -0.39 is 10.1 Å². The van der Waals surface area contributed by atoms with Crippen molar-refractivity contribution in [3.05, 3.63) is 58.6 Å². The minimum Gasteiger partial charge on any atom is -0.372 e. The Balaban J connectivity index is 1.66. The number of benzene rings is 2. The second-order valence-electron chi connectivity index (χ2n) is 6.34. The van der Waals surface area contributed by atoms with Crippen molar-refractivity contribution < 1.29 is 12.6 Å². The second kappa shape index (κ2) is 7.89. The van der Waals surface area contributed by atoms with E-state index in [9.17, 15) is 8.42 Å². The van der Waals surface area contributed by atoms with Gasteiger partial charge in [0.15, 0.2) is 0 Å². The van der Waals surface area contributed by atoms with Crippen LogP contribution in [0, 0.1) is 5.92 Å². The van der Waals surface area contributed by atoms with Crippen molar-refractivity contribution >= 4 is 31.7 Å². The van der Waals surface area contributed by atoms with Gasteiger partial charge < -0.3 is 4.90 Å². The van der Waals surface area contributed by atoms with Gasteiger partial charge in [0, 0.05) is 23.2 Å². The largest absolute Gasteiger partial charge is 0.372 e. The third kappa shape index (κ3) is 4.43. The Morgan fingerprint density at radius 2 is 1.72 bits per heavy atom. The Bertz CT molecular complexity index is 813. The van der Waals surface area contributed by atoms with Gasteiger partial charge in [0.2, 0.25) is 0 Å². The van der Waals surface area contributed by atoms with Crippen LogP contribution < -0.4 is 4.90 Å². The lowest BCUT2D eigenvalue weighted by molar-refractivity contribution is 0.389. The fourth-order valence-electron chi connectivity index (χ4n) is 3.36. The molecule has 6 heteroatoms. The van der Waals surface area contributed by atoms with Crippen LogP contribution in [0.2, 0.25) is 0 Å². The molecule has 1 aliphatic rings. The van der Waals surface area contributed by atoms with E-state index in [0.29, 0.717) is 10.8 Å². The first kappa shape index (κ1) is 18.4. The molecular formula is C19H22BrNO3S. The van der Waals surface area contributed by atoms with Gasteiger partial charge in [0.25, 0.3) is 10.1 Å². The quantitative estimate of drug-likeness (QED) is 0.674. The van der Waals surface area contributed by atoms with E-state index in [2.05, 4.69) is 45.1 Å². The monoisotopic (exact) mass is 423 g/mol. The molecule has 0 spiro atoms. The molecule has 2 aromatic carbocycles. The molecule has 0 unspecified atom stereocenters. The fourth-order valence-corrected chi connectivity index (χ4v) is 4.53. The van der Waals surface area contributed by atoms with Crippen molar-refractivity contribution in [1.82, 2.24) is 0 Å². The first-order valence-corrected chi connectivity index (χ1v) is 10.6. The minimum absolute atomic E-state index is 0.299. The molecule has 1 fully saturated rings. The highest BCUT2D eigenvalue weighted by Crippen LogP contribution is 2.28. The van der Waals surface area contributed by atoms with Crippen molar-refractivity contribution in [3.63, 3.8) is 0 Å². The summed E-state index contributed by atoms with van der Waals surface area (Å²) >= 11 is 3.47. The van der Waals surface area contributed by atoms with E-state index in [1.54, 1.807) is 12.1 Å². The molecule has 0 saturated carbocycles. The Morgan fingerprint density at radius 1 is 1.08 bits per heavy atom. The molecule has 0 atom stereocenters. The van der Waals surface area contributed by atoms with Crippen LogP contribution >= 0.6 is 15.9 Å². The molecule has 0 aliphatic carbocycles. The molecule has 1 saturated heterocycles. The molecular weight excluding hydrogens is 402 g/mol. The van der Waals surface area contributed by atoms with Crippen LogP contribution in [-0.2, 0) is 20.7 Å². The molecule has 2 aromatic rings. The van der Waals surface area contributed by atoms with E-state index in [1.165, 1.54) is 12.8 Å². The maximum atomic E-state index is 12.1. The molecule has 3 rings (SSSR count). The van der Waals surface area contributed by atoms with Crippen LogP contribution in [0.15, 0.2) is 57.9 Å². The predicted molar refractivity (Wildman–Crippen MR) is 103 cm³/mol. The molecule has 0 bridgehead atoms. The van der Waals surface area contributed by atoms with Crippen LogP contribution in [0.5, 0.6) is 0 Å². The highest BCUT2D eigenvalue weighted by molar-refractivity contribution is 9.10. The van der Waals surface area contributed by atoms with Crippen LogP contribution in [0.25, 0.3) is 0 Å². The van der Waals surface area contributed by atoms with Gasteiger partial charge in [-0.2, -0.15) is 8.42 Å². The minimum atomic E-state index is -3.65. The Hall–Kier alpha value is -1.37. The van der Waals surface area contributed by atoms with Crippen LogP contribution in [0.3, 0.4) is 0 Å². The van der Waals surface area contributed by atoms with Gasteiger partial charge in [-0.3, -0.25) is 4.18 Å². The Kier molecular flexibility index (Phi) is 5.81. The molecule has 0 N–H and O–H groups in total. The van der Waals surface area contributed by atoms with Crippen molar-refractivity contribution in [1.29, 1.82) is 0 Å². The summed E-state index contributed by atoms with van der Waals surface area (Å²) in [5, 5.41) is 0. The lowest BCUT2D eigenvalue weighted by atomic mass is 9.90. The number of halogens is 1. The third-order valence-electron chi connectivity index (χ3n) is 4.78. The second-order valence-corrected chi connectivity index (χ2v) is 8.94. The number of hydrogen-bond acceptors (Lipinski definition) is 4. The Labute approximate surface area is 158 Å². The lowest BCUT2D eigenvalue weighted by Gasteiger charge is -2.34. The average Bonchev–Trinajstić information content (AvgIpc) is 2.63. The standard InChI is InChI=1S/C19H22BrNO3S/c1-24-25(22,23)19-5-3-2-4-16(19)14-15-10-12-21(13-11-15)18-8-6-17(20)7-9-18/h2-9,15H,10-14H2,1H3. The third-order valence-corrected chi connectivity index (χ3v) is 6.68. The zero-order valence-electron chi connectivity index (χ0n) is 14.2. The van der Waals surface area contributed by atoms with Crippen molar-refractivity contribution in [2.75, 3.05) is 25.1 Å². The van der Waals surface area contributed by atoms with E-state index in [-0.39, 0.29) is 0 Å². The molecule has 0 radical (unpaired) electrons. The molecule has 1 aliphatic heterocycles. The summed E-state index contributed by atoms with van der Waals surface area (Å²) in [6.45, 7) is 1.98. The maximum absolute atomic E-state index is 12.1. The molecule has 25 heavy (non-hydrogen) atoms. The summed E-state index contributed by atoms with van der Waals surface area (Å²) in [6.07, 6.45) is 2.88. The summed E-state index contributed by atoms with van der Waals surface area (Å²) in [4.78, 5) is 2.69. The molecule has 4 nitrogen and oxygen atoms in total. The van der Waals surface area contributed by atoms with Crippen molar-refractivity contribution in [2.45, 2.75) is 24.2 Å². The first-order chi connectivity index (χ1) is 12.0. The topological polar surface area (TPSA) is 46.6 Å². The number of anilines is 1. The average molecular weight is 424 g/mol. The maximum Gasteiger partial charge on any atom is 0.296 e. The van der Waals surface area contributed by atoms with Gasteiger partial charge >= 0.3 is 0 Å². The van der Waals surface area contributed by atoms with Gasteiger partial charge in [0.1, 0.15) is 0 Å². The molecule has 134 valence electrons. The molecule has 0 aromatic heterocycles. The zero-order valence-corrected chi connectivity index (χ0v) is 16.6. The van der Waals surface area contributed by atoms with E-state index in [1.807, 2.05) is 12.1 Å². The first-order valence-electron chi connectivity index (χ1n) is 8.38. The number of piperidine rings is 1. The zero-order chi connectivity index (χ0) is 17.9. The van der Waals surface area contributed by atoms with Gasteiger partial charge in [-0.15, -0.1) is 0 Å². The van der Waals surface area contributed by atoms with Gasteiger partial charge in [0.05, 0.1) is 12.0 Å². The molecule has 0 amide bonds. The molecule has 1 heterocycles. The SMILES string of the molecule is COS(=O)(=O)c1ccccc1CC1CCN(c2ccc(Br)cc2)CC1. The van der Waals surface area contributed by atoms with Gasteiger partial charge in [-0.1, -0.05) is 34.1 Å². The lowest BCUT2D eigenvalue weighted by Crippen LogP contribution is -2.34. The fraction of sp³-hybridized carbons (Fsp3) is 0.368. The predicted octanol–water partition coefficient (Wildman–Crippen LogP) is 4.24. The smallest absolute Gasteiger partial charge is 0.296 e. The number of hydrogen-bond donors (Lipinski definition) is 0. The summed E-state index contributed by atoms with van der Waals surface area (Å²) in [5.41, 5.74) is 2.09. The number of nitrogens with zero attached hydrogens (tertiary/aromatic N) is 1. The van der Waals surface area contributed by atoms with E-state index >= 15 is 0 Å². The Morgan fingerprint density at radius 3 is 2.36 bits per heavy atom. The summed E-state index contributed by atoms with van der Waals surface area (Å²) in [6, 6.07) is 15.5. The highest BCUT2D eigenvalue weighted by Gasteiger charge is 2.23. The normalized spacial score (nSPS) is 16.2. The van der Waals surface area contributed by atoms with Crippen molar-refractivity contribution in [2.24, 2.45) is 5.92 Å². The highest BCUT2D eigenvalue weighted by atomic mass is 79.9. The van der Waals surface area contributed by atoms with Crippen LogP contribution in [0.1, 0.15) is 18.4 Å². The summed E-state index contributed by atoms with van der Waals surface area (Å²) in [7, 11) is -2.44. The van der Waals surface area contributed by atoms with E-state index in [4.69, 9.17) is 4.18 Å².